The average molecular weight is 240 g/mol. The molecule has 0 aliphatic heterocycles. The van der Waals surface area contributed by atoms with Crippen molar-refractivity contribution in [2.45, 2.75) is 38.8 Å². The lowest BCUT2D eigenvalue weighted by Crippen LogP contribution is -2.06. The molecule has 90 valence electrons. The minimum Gasteiger partial charge on any atom is -0.375 e. The average Bonchev–Trinajstić information content (AvgIpc) is 2.90. The van der Waals surface area contributed by atoms with Gasteiger partial charge in [0.1, 0.15) is 5.01 Å². The van der Waals surface area contributed by atoms with E-state index in [-0.39, 0.29) is 0 Å². The second-order valence-electron chi connectivity index (χ2n) is 4.43. The maximum absolute atomic E-state index is 5.72. The van der Waals surface area contributed by atoms with Crippen LogP contribution in [0.15, 0.2) is 5.38 Å². The Morgan fingerprint density at radius 1 is 1.50 bits per heavy atom. The Kier molecular flexibility index (Phi) is 4.75. The molecule has 0 amide bonds. The van der Waals surface area contributed by atoms with E-state index in [4.69, 9.17) is 4.74 Å². The summed E-state index contributed by atoms with van der Waals surface area (Å²) in [6, 6.07) is 0. The van der Waals surface area contributed by atoms with Crippen molar-refractivity contribution in [2.75, 3.05) is 13.7 Å². The minimum atomic E-state index is 0.677. The zero-order chi connectivity index (χ0) is 11.2. The van der Waals surface area contributed by atoms with Gasteiger partial charge in [0.05, 0.1) is 12.3 Å². The first-order valence-corrected chi connectivity index (χ1v) is 6.92. The van der Waals surface area contributed by atoms with Crippen LogP contribution < -0.4 is 5.32 Å². The summed E-state index contributed by atoms with van der Waals surface area (Å²) in [4.78, 5) is 4.50. The molecule has 0 bridgehead atoms. The maximum Gasteiger partial charge on any atom is 0.107 e. The summed E-state index contributed by atoms with van der Waals surface area (Å²) in [7, 11) is 1.94. The fraction of sp³-hybridized carbons (Fsp3) is 0.750. The van der Waals surface area contributed by atoms with Crippen molar-refractivity contribution in [1.29, 1.82) is 0 Å². The van der Waals surface area contributed by atoms with Crippen LogP contribution in [0.1, 0.15) is 36.4 Å². The van der Waals surface area contributed by atoms with E-state index in [9.17, 15) is 0 Å². The zero-order valence-electron chi connectivity index (χ0n) is 9.87. The van der Waals surface area contributed by atoms with E-state index in [0.29, 0.717) is 6.61 Å². The number of hydrogen-bond acceptors (Lipinski definition) is 4. The van der Waals surface area contributed by atoms with E-state index in [1.54, 1.807) is 11.3 Å². The Morgan fingerprint density at radius 2 is 2.31 bits per heavy atom. The van der Waals surface area contributed by atoms with Crippen molar-refractivity contribution in [3.05, 3.63) is 16.1 Å². The van der Waals surface area contributed by atoms with E-state index in [1.165, 1.54) is 25.7 Å². The Balaban J connectivity index is 1.67. The van der Waals surface area contributed by atoms with E-state index in [2.05, 4.69) is 15.7 Å². The van der Waals surface area contributed by atoms with Crippen LogP contribution in [0, 0.1) is 5.92 Å². The molecule has 0 saturated heterocycles. The molecule has 1 heterocycles. The number of nitrogens with one attached hydrogen (secondary N) is 1. The second kappa shape index (κ2) is 6.33. The van der Waals surface area contributed by atoms with Crippen LogP contribution in [0.25, 0.3) is 0 Å². The van der Waals surface area contributed by atoms with E-state index in [0.717, 1.165) is 29.8 Å². The quantitative estimate of drug-likeness (QED) is 0.830. The number of aromatic nitrogens is 1. The van der Waals surface area contributed by atoms with Gasteiger partial charge in [-0.3, -0.25) is 0 Å². The predicted molar refractivity (Wildman–Crippen MR) is 66.5 cm³/mol. The molecule has 0 aromatic carbocycles. The first-order chi connectivity index (χ1) is 7.88. The van der Waals surface area contributed by atoms with Crippen molar-refractivity contribution >= 4 is 11.3 Å². The first kappa shape index (κ1) is 12.0. The van der Waals surface area contributed by atoms with Crippen LogP contribution in [0.2, 0.25) is 0 Å². The van der Waals surface area contributed by atoms with Gasteiger partial charge in [0.15, 0.2) is 0 Å². The smallest absolute Gasteiger partial charge is 0.107 e. The van der Waals surface area contributed by atoms with Crippen LogP contribution in [0.5, 0.6) is 0 Å². The Morgan fingerprint density at radius 3 is 3.06 bits per heavy atom. The number of rotatable bonds is 6. The molecule has 1 aliphatic rings. The molecule has 0 radical (unpaired) electrons. The summed E-state index contributed by atoms with van der Waals surface area (Å²) in [5.74, 6) is 0.801. The van der Waals surface area contributed by atoms with Crippen molar-refractivity contribution in [2.24, 2.45) is 5.92 Å². The maximum atomic E-state index is 5.72. The molecule has 0 spiro atoms. The third-order valence-electron chi connectivity index (χ3n) is 3.01. The molecule has 3 nitrogen and oxygen atoms in total. The monoisotopic (exact) mass is 240 g/mol. The molecule has 2 rings (SSSR count). The highest BCUT2D eigenvalue weighted by molar-refractivity contribution is 7.09. The molecule has 1 N–H and O–H groups in total. The Labute approximate surface area is 101 Å². The predicted octanol–water partition coefficient (Wildman–Crippen LogP) is 2.57. The van der Waals surface area contributed by atoms with Gasteiger partial charge in [0.25, 0.3) is 0 Å². The van der Waals surface area contributed by atoms with E-state index < -0.39 is 0 Å². The second-order valence-corrected chi connectivity index (χ2v) is 5.37. The van der Waals surface area contributed by atoms with Gasteiger partial charge in [-0.15, -0.1) is 11.3 Å². The van der Waals surface area contributed by atoms with Gasteiger partial charge in [-0.2, -0.15) is 0 Å². The minimum absolute atomic E-state index is 0.677. The van der Waals surface area contributed by atoms with Gasteiger partial charge in [-0.25, -0.2) is 4.98 Å². The number of hydrogen-bond donors (Lipinski definition) is 1. The van der Waals surface area contributed by atoms with Gasteiger partial charge in [-0.1, -0.05) is 12.8 Å². The molecule has 16 heavy (non-hydrogen) atoms. The first-order valence-electron chi connectivity index (χ1n) is 6.04. The molecule has 1 aliphatic carbocycles. The molecular weight excluding hydrogens is 220 g/mol. The van der Waals surface area contributed by atoms with E-state index >= 15 is 0 Å². The van der Waals surface area contributed by atoms with Crippen LogP contribution in [0.3, 0.4) is 0 Å². The summed E-state index contributed by atoms with van der Waals surface area (Å²) in [6.45, 7) is 2.45. The Hall–Kier alpha value is -0.450. The van der Waals surface area contributed by atoms with Crippen molar-refractivity contribution in [1.82, 2.24) is 10.3 Å². The summed E-state index contributed by atoms with van der Waals surface area (Å²) in [5, 5.41) is 6.34. The van der Waals surface area contributed by atoms with Crippen LogP contribution >= 0.6 is 11.3 Å². The van der Waals surface area contributed by atoms with E-state index in [1.807, 2.05) is 7.05 Å². The summed E-state index contributed by atoms with van der Waals surface area (Å²) >= 11 is 1.70. The van der Waals surface area contributed by atoms with Gasteiger partial charge in [-0.05, 0) is 25.8 Å². The third-order valence-corrected chi connectivity index (χ3v) is 3.90. The highest BCUT2D eigenvalue weighted by atomic mass is 32.1. The lowest BCUT2D eigenvalue weighted by molar-refractivity contribution is 0.0869. The van der Waals surface area contributed by atoms with Crippen molar-refractivity contribution in [3.63, 3.8) is 0 Å². The van der Waals surface area contributed by atoms with Crippen LogP contribution in [0.4, 0.5) is 0 Å². The van der Waals surface area contributed by atoms with Gasteiger partial charge < -0.3 is 10.1 Å². The summed E-state index contributed by atoms with van der Waals surface area (Å²) in [5.41, 5.74) is 1.08. The molecule has 0 unspecified atom stereocenters. The number of nitrogens with zero attached hydrogens (tertiary/aromatic N) is 1. The fourth-order valence-electron chi connectivity index (χ4n) is 2.15. The Bertz CT molecular complexity index is 308. The third kappa shape index (κ3) is 3.54. The molecule has 1 aromatic heterocycles. The lowest BCUT2D eigenvalue weighted by Gasteiger charge is -2.08. The molecule has 0 atom stereocenters. The molecule has 1 aromatic rings. The van der Waals surface area contributed by atoms with Crippen LogP contribution in [-0.2, 0) is 17.9 Å². The molecule has 4 heteroatoms. The molecule has 1 fully saturated rings. The molecule has 1 saturated carbocycles. The van der Waals surface area contributed by atoms with Crippen molar-refractivity contribution < 1.29 is 4.74 Å². The van der Waals surface area contributed by atoms with Gasteiger partial charge >= 0.3 is 0 Å². The zero-order valence-corrected chi connectivity index (χ0v) is 10.7. The summed E-state index contributed by atoms with van der Waals surface area (Å²) < 4.78 is 5.72. The van der Waals surface area contributed by atoms with Crippen molar-refractivity contribution in [3.8, 4) is 0 Å². The fourth-order valence-corrected chi connectivity index (χ4v) is 2.95. The van der Waals surface area contributed by atoms with Gasteiger partial charge in [0.2, 0.25) is 0 Å². The lowest BCUT2D eigenvalue weighted by atomic mass is 10.1. The number of thiazole rings is 1. The number of ether oxygens (including phenoxy) is 1. The molecular formula is C12H20N2OS. The highest BCUT2D eigenvalue weighted by Gasteiger charge is 2.14. The topological polar surface area (TPSA) is 34.2 Å². The SMILES string of the molecule is CNCc1nc(COCC2CCCC2)cs1. The normalized spacial score (nSPS) is 17.1. The standard InChI is InChI=1S/C12H20N2OS/c1-13-6-12-14-11(9-16-12)8-15-7-10-4-2-3-5-10/h9-10,13H,2-8H2,1H3. The van der Waals surface area contributed by atoms with Crippen LogP contribution in [-0.4, -0.2) is 18.6 Å². The summed E-state index contributed by atoms with van der Waals surface area (Å²) in [6.07, 6.45) is 5.47. The highest BCUT2D eigenvalue weighted by Crippen LogP contribution is 2.25. The largest absolute Gasteiger partial charge is 0.375 e. The van der Waals surface area contributed by atoms with Gasteiger partial charge in [0, 0.05) is 18.5 Å².